The number of fused-ring (bicyclic) bond motifs is 5. The lowest BCUT2D eigenvalue weighted by Crippen LogP contribution is -2.28. The largest absolute Gasteiger partial charge is 0.273 e. The Morgan fingerprint density at radius 1 is 1.41 bits per heavy atom. The van der Waals surface area contributed by atoms with Gasteiger partial charge in [-0.3, -0.25) is 5.10 Å². The maximum Gasteiger partial charge on any atom is 0.201 e. The second-order valence-electron chi connectivity index (χ2n) is 8.01. The molecule has 0 bridgehead atoms. The molecule has 0 spiro atoms. The number of nitrogens with zero attached hydrogens (tertiary/aromatic N) is 5. The number of H-pyrrole nitrogens is 1. The fourth-order valence-electron chi connectivity index (χ4n) is 4.06. The zero-order valence-corrected chi connectivity index (χ0v) is 17.2. The molecule has 8 heteroatoms. The van der Waals surface area contributed by atoms with Crippen molar-refractivity contribution in [3.05, 3.63) is 28.0 Å². The molecular weight excluding hydrogens is 380 g/mol. The highest BCUT2D eigenvalue weighted by atomic mass is 35.5. The van der Waals surface area contributed by atoms with Crippen molar-refractivity contribution in [2.75, 3.05) is 0 Å². The number of rotatable bonds is 3. The van der Waals surface area contributed by atoms with E-state index >= 15 is 0 Å². The van der Waals surface area contributed by atoms with E-state index in [0.29, 0.717) is 22.0 Å². The van der Waals surface area contributed by atoms with Gasteiger partial charge >= 0.3 is 0 Å². The summed E-state index contributed by atoms with van der Waals surface area (Å²) in [5, 5.41) is 13.1. The molecule has 1 N–H and O–H groups in total. The molecule has 0 aliphatic heterocycles. The lowest BCUT2D eigenvalue weighted by atomic mass is 9.70. The van der Waals surface area contributed by atoms with Gasteiger partial charge in [0.2, 0.25) is 5.82 Å². The van der Waals surface area contributed by atoms with Gasteiger partial charge in [0.25, 0.3) is 0 Å². The van der Waals surface area contributed by atoms with E-state index in [0.717, 1.165) is 34.6 Å². The highest BCUT2D eigenvalue weighted by molar-refractivity contribution is 7.19. The molecule has 4 heterocycles. The van der Waals surface area contributed by atoms with Crippen LogP contribution in [0.1, 0.15) is 44.1 Å². The van der Waals surface area contributed by atoms with E-state index in [1.165, 1.54) is 23.3 Å². The van der Waals surface area contributed by atoms with E-state index in [1.807, 2.05) is 11.3 Å². The summed E-state index contributed by atoms with van der Waals surface area (Å²) < 4.78 is 1.75. The zero-order valence-electron chi connectivity index (χ0n) is 15.6. The number of halogens is 1. The van der Waals surface area contributed by atoms with Gasteiger partial charge in [0.15, 0.2) is 5.65 Å². The molecule has 4 aromatic heterocycles. The Bertz CT molecular complexity index is 1150. The number of hydrogen-bond donors (Lipinski definition) is 1. The molecule has 0 radical (unpaired) electrons. The Balaban J connectivity index is 1.65. The first-order valence-corrected chi connectivity index (χ1v) is 10.5. The SMILES string of the molecule is CCC(C)(C)C1CCc2c(sc3ncn4nc(-c5[nH]ncc5Cl)nc4c23)C1. The van der Waals surface area contributed by atoms with Crippen LogP contribution in [-0.4, -0.2) is 29.8 Å². The van der Waals surface area contributed by atoms with Crippen LogP contribution in [-0.2, 0) is 12.8 Å². The summed E-state index contributed by atoms with van der Waals surface area (Å²) >= 11 is 8.01. The number of aryl methyl sites for hydroxylation is 1. The molecule has 0 saturated carbocycles. The van der Waals surface area contributed by atoms with Crippen molar-refractivity contribution in [3.63, 3.8) is 0 Å². The summed E-state index contributed by atoms with van der Waals surface area (Å²) in [5.41, 5.74) is 3.27. The summed E-state index contributed by atoms with van der Waals surface area (Å²) in [6, 6.07) is 0. The minimum absolute atomic E-state index is 0.371. The smallest absolute Gasteiger partial charge is 0.201 e. The second kappa shape index (κ2) is 6.01. The Morgan fingerprint density at radius 2 is 2.26 bits per heavy atom. The minimum atomic E-state index is 0.371. The maximum absolute atomic E-state index is 6.19. The Morgan fingerprint density at radius 3 is 3.00 bits per heavy atom. The number of aromatic nitrogens is 6. The second-order valence-corrected chi connectivity index (χ2v) is 9.50. The average molecular weight is 401 g/mol. The topological polar surface area (TPSA) is 71.8 Å². The normalized spacial score (nSPS) is 17.7. The molecule has 0 fully saturated rings. The van der Waals surface area contributed by atoms with Crippen LogP contribution in [0.5, 0.6) is 0 Å². The average Bonchev–Trinajstić information content (AvgIpc) is 3.35. The molecule has 6 nitrogen and oxygen atoms in total. The molecule has 4 aromatic rings. The molecule has 27 heavy (non-hydrogen) atoms. The predicted molar refractivity (Wildman–Crippen MR) is 108 cm³/mol. The van der Waals surface area contributed by atoms with Gasteiger partial charge in [-0.2, -0.15) is 5.10 Å². The van der Waals surface area contributed by atoms with Crippen molar-refractivity contribution in [1.82, 2.24) is 29.8 Å². The standard InChI is InChI=1S/C19H21ClN6S/c1-4-19(2,3)10-5-6-11-13(7-10)27-18-14(11)17-23-16(25-26(17)9-21-18)15-12(20)8-22-24-15/h8-10H,4-7H2,1-3H3,(H,22,24). The Hall–Kier alpha value is -1.99. The van der Waals surface area contributed by atoms with Crippen LogP contribution in [0.4, 0.5) is 0 Å². The highest BCUT2D eigenvalue weighted by Crippen LogP contribution is 2.45. The van der Waals surface area contributed by atoms with Gasteiger partial charge in [-0.1, -0.05) is 38.8 Å². The van der Waals surface area contributed by atoms with E-state index in [9.17, 15) is 0 Å². The zero-order chi connectivity index (χ0) is 18.8. The molecule has 1 unspecified atom stereocenters. The van der Waals surface area contributed by atoms with Gasteiger partial charge in [0.05, 0.1) is 16.6 Å². The van der Waals surface area contributed by atoms with Crippen molar-refractivity contribution in [1.29, 1.82) is 0 Å². The number of thiophene rings is 1. The van der Waals surface area contributed by atoms with Crippen LogP contribution in [0.15, 0.2) is 12.5 Å². The third-order valence-corrected chi connectivity index (χ3v) is 7.67. The van der Waals surface area contributed by atoms with Gasteiger partial charge in [-0.05, 0) is 36.2 Å². The fraction of sp³-hybridized carbons (Fsp3) is 0.474. The highest BCUT2D eigenvalue weighted by Gasteiger charge is 2.33. The number of nitrogens with one attached hydrogen (secondary N) is 1. The lowest BCUT2D eigenvalue weighted by Gasteiger charge is -2.36. The van der Waals surface area contributed by atoms with Crippen molar-refractivity contribution in [2.24, 2.45) is 11.3 Å². The van der Waals surface area contributed by atoms with E-state index in [-0.39, 0.29) is 0 Å². The van der Waals surface area contributed by atoms with Crippen molar-refractivity contribution in [2.45, 2.75) is 46.5 Å². The van der Waals surface area contributed by atoms with E-state index in [4.69, 9.17) is 16.6 Å². The van der Waals surface area contributed by atoms with Crippen LogP contribution in [0.25, 0.3) is 27.4 Å². The van der Waals surface area contributed by atoms with Gasteiger partial charge in [0, 0.05) is 4.88 Å². The first-order chi connectivity index (χ1) is 13.0. The van der Waals surface area contributed by atoms with E-state index in [1.54, 1.807) is 17.0 Å². The molecule has 1 aliphatic rings. The van der Waals surface area contributed by atoms with Gasteiger partial charge in [-0.25, -0.2) is 14.5 Å². The van der Waals surface area contributed by atoms with Crippen LogP contribution >= 0.6 is 22.9 Å². The molecule has 0 amide bonds. The molecular formula is C19H21ClN6S. The van der Waals surface area contributed by atoms with Gasteiger partial charge < -0.3 is 0 Å². The summed E-state index contributed by atoms with van der Waals surface area (Å²) in [4.78, 5) is 11.9. The van der Waals surface area contributed by atoms with E-state index in [2.05, 4.69) is 41.1 Å². The quantitative estimate of drug-likeness (QED) is 0.529. The Kier molecular flexibility index (Phi) is 3.81. The molecule has 140 valence electrons. The summed E-state index contributed by atoms with van der Waals surface area (Å²) in [5.74, 6) is 1.27. The summed E-state index contributed by atoms with van der Waals surface area (Å²) in [6.45, 7) is 7.08. The van der Waals surface area contributed by atoms with Crippen LogP contribution < -0.4 is 0 Å². The van der Waals surface area contributed by atoms with Gasteiger partial charge in [-0.15, -0.1) is 16.4 Å². The molecule has 5 rings (SSSR count). The van der Waals surface area contributed by atoms with Crippen molar-refractivity contribution < 1.29 is 0 Å². The number of aromatic amines is 1. The Labute approximate surface area is 166 Å². The lowest BCUT2D eigenvalue weighted by molar-refractivity contribution is 0.184. The van der Waals surface area contributed by atoms with Crippen molar-refractivity contribution in [3.8, 4) is 11.5 Å². The van der Waals surface area contributed by atoms with Gasteiger partial charge in [0.1, 0.15) is 16.9 Å². The van der Waals surface area contributed by atoms with Crippen LogP contribution in [0.3, 0.4) is 0 Å². The third kappa shape index (κ3) is 2.59. The monoisotopic (exact) mass is 400 g/mol. The predicted octanol–water partition coefficient (Wildman–Crippen LogP) is 4.92. The molecule has 0 aromatic carbocycles. The summed E-state index contributed by atoms with van der Waals surface area (Å²) in [7, 11) is 0. The first-order valence-electron chi connectivity index (χ1n) is 9.33. The first kappa shape index (κ1) is 17.1. The third-order valence-electron chi connectivity index (χ3n) is 6.22. The number of hydrogen-bond acceptors (Lipinski definition) is 5. The van der Waals surface area contributed by atoms with Crippen molar-refractivity contribution >= 4 is 38.8 Å². The molecule has 1 atom stereocenters. The van der Waals surface area contributed by atoms with Crippen LogP contribution in [0, 0.1) is 11.3 Å². The maximum atomic E-state index is 6.19. The minimum Gasteiger partial charge on any atom is -0.273 e. The molecule has 1 aliphatic carbocycles. The van der Waals surface area contributed by atoms with Crippen LogP contribution in [0.2, 0.25) is 5.02 Å². The van der Waals surface area contributed by atoms with E-state index < -0.39 is 0 Å². The fourth-order valence-corrected chi connectivity index (χ4v) is 5.50. The molecule has 0 saturated heterocycles. The summed E-state index contributed by atoms with van der Waals surface area (Å²) in [6.07, 6.45) is 7.95.